The summed E-state index contributed by atoms with van der Waals surface area (Å²) in [7, 11) is 0. The molecular formula is C11H14F3N3. The van der Waals surface area contributed by atoms with Gasteiger partial charge in [0, 0.05) is 0 Å². The first-order valence-corrected chi connectivity index (χ1v) is 5.03. The molecule has 0 radical (unpaired) electrons. The first-order chi connectivity index (χ1) is 7.99. The van der Waals surface area contributed by atoms with Crippen LogP contribution in [0.15, 0.2) is 24.3 Å². The van der Waals surface area contributed by atoms with Gasteiger partial charge in [0.05, 0.1) is 11.3 Å². The number of nitrogen functional groups attached to an aromatic ring is 1. The molecule has 17 heavy (non-hydrogen) atoms. The maximum atomic E-state index is 12.4. The average Bonchev–Trinajstić information content (AvgIpc) is 2.28. The number of nitrogens with two attached hydrogens (primary N) is 2. The molecule has 0 amide bonds. The van der Waals surface area contributed by atoms with Crippen LogP contribution in [-0.4, -0.2) is 6.54 Å². The van der Waals surface area contributed by atoms with Crippen LogP contribution in [0.4, 0.5) is 18.9 Å². The molecule has 0 heterocycles. The maximum Gasteiger partial charge on any atom is 0.416 e. The molecule has 0 atom stereocenters. The van der Waals surface area contributed by atoms with Crippen molar-refractivity contribution in [1.82, 2.24) is 0 Å². The number of alkyl halides is 3. The lowest BCUT2D eigenvalue weighted by atomic mass is 10.1. The minimum atomic E-state index is -4.37. The molecule has 0 aliphatic heterocycles. The van der Waals surface area contributed by atoms with Crippen LogP contribution in [0.3, 0.4) is 0 Å². The second-order valence-electron chi connectivity index (χ2n) is 3.42. The zero-order valence-corrected chi connectivity index (χ0v) is 9.09. The van der Waals surface area contributed by atoms with Crippen LogP contribution < -0.4 is 17.0 Å². The second-order valence-corrected chi connectivity index (χ2v) is 3.42. The number of rotatable bonds is 4. The van der Waals surface area contributed by atoms with Gasteiger partial charge in [0.25, 0.3) is 0 Å². The van der Waals surface area contributed by atoms with Crippen LogP contribution in [0.2, 0.25) is 0 Å². The number of benzene rings is 1. The van der Waals surface area contributed by atoms with E-state index in [1.807, 2.05) is 0 Å². The summed E-state index contributed by atoms with van der Waals surface area (Å²) in [5.74, 6) is 5.19. The molecule has 0 bridgehead atoms. The van der Waals surface area contributed by atoms with Gasteiger partial charge in [-0.05, 0) is 30.7 Å². The van der Waals surface area contributed by atoms with E-state index in [9.17, 15) is 13.2 Å². The van der Waals surface area contributed by atoms with Crippen LogP contribution >= 0.6 is 0 Å². The van der Waals surface area contributed by atoms with Crippen LogP contribution in [-0.2, 0) is 6.18 Å². The molecule has 1 rings (SSSR count). The van der Waals surface area contributed by atoms with Gasteiger partial charge in [-0.15, -0.1) is 0 Å². The van der Waals surface area contributed by atoms with Crippen molar-refractivity contribution < 1.29 is 13.2 Å². The standard InChI is InChI=1S/C11H14F3N3/c12-11(13,14)9-5-4-8(3-1-2-6-15)10(7-9)17-16/h1,3-5,7,17H,2,6,15-16H2. The fraction of sp³-hybridized carbons (Fsp3) is 0.273. The van der Waals surface area contributed by atoms with Gasteiger partial charge in [-0.1, -0.05) is 18.2 Å². The van der Waals surface area contributed by atoms with Crippen LogP contribution in [0.1, 0.15) is 17.5 Å². The topological polar surface area (TPSA) is 64.1 Å². The molecule has 3 nitrogen and oxygen atoms in total. The molecule has 0 spiro atoms. The summed E-state index contributed by atoms with van der Waals surface area (Å²) in [6.07, 6.45) is -0.248. The lowest BCUT2D eigenvalue weighted by Crippen LogP contribution is -2.11. The molecule has 5 N–H and O–H groups in total. The third-order valence-corrected chi connectivity index (χ3v) is 2.17. The summed E-state index contributed by atoms with van der Waals surface area (Å²) in [4.78, 5) is 0. The van der Waals surface area contributed by atoms with E-state index in [1.54, 1.807) is 12.2 Å². The maximum absolute atomic E-state index is 12.4. The van der Waals surface area contributed by atoms with Gasteiger partial charge in [0.2, 0.25) is 0 Å². The van der Waals surface area contributed by atoms with Gasteiger partial charge in [0.1, 0.15) is 0 Å². The fourth-order valence-electron chi connectivity index (χ4n) is 1.31. The molecule has 0 saturated heterocycles. The lowest BCUT2D eigenvalue weighted by Gasteiger charge is -2.11. The minimum Gasteiger partial charge on any atom is -0.330 e. The Morgan fingerprint density at radius 3 is 2.53 bits per heavy atom. The van der Waals surface area contributed by atoms with E-state index < -0.39 is 11.7 Å². The third kappa shape index (κ3) is 3.76. The number of halogens is 3. The van der Waals surface area contributed by atoms with Crippen molar-refractivity contribution in [1.29, 1.82) is 0 Å². The average molecular weight is 245 g/mol. The van der Waals surface area contributed by atoms with Gasteiger partial charge in [0.15, 0.2) is 0 Å². The number of nitrogens with one attached hydrogen (secondary N) is 1. The van der Waals surface area contributed by atoms with Crippen LogP contribution in [0.5, 0.6) is 0 Å². The molecule has 1 aromatic carbocycles. The molecule has 0 aromatic heterocycles. The Labute approximate surface area is 97.3 Å². The number of hydrogen-bond donors (Lipinski definition) is 3. The van der Waals surface area contributed by atoms with Crippen molar-refractivity contribution in [3.05, 3.63) is 35.4 Å². The summed E-state index contributed by atoms with van der Waals surface area (Å²) >= 11 is 0. The quantitative estimate of drug-likeness (QED) is 0.563. The summed E-state index contributed by atoms with van der Waals surface area (Å²) in [5.41, 5.74) is 7.64. The van der Waals surface area contributed by atoms with Crippen molar-refractivity contribution in [2.45, 2.75) is 12.6 Å². The predicted molar refractivity (Wildman–Crippen MR) is 62.0 cm³/mol. The largest absolute Gasteiger partial charge is 0.416 e. The van der Waals surface area contributed by atoms with Gasteiger partial charge in [-0.2, -0.15) is 13.2 Å². The van der Waals surface area contributed by atoms with Crippen molar-refractivity contribution in [2.75, 3.05) is 12.0 Å². The van der Waals surface area contributed by atoms with Gasteiger partial charge in [-0.25, -0.2) is 0 Å². The zero-order valence-electron chi connectivity index (χ0n) is 9.09. The first-order valence-electron chi connectivity index (χ1n) is 5.03. The Morgan fingerprint density at radius 1 is 1.29 bits per heavy atom. The van der Waals surface area contributed by atoms with E-state index in [4.69, 9.17) is 11.6 Å². The molecule has 0 fully saturated rings. The molecule has 0 saturated carbocycles. The monoisotopic (exact) mass is 245 g/mol. The summed E-state index contributed by atoms with van der Waals surface area (Å²) in [6.45, 7) is 0.489. The molecule has 0 unspecified atom stereocenters. The summed E-state index contributed by atoms with van der Waals surface area (Å²) < 4.78 is 37.3. The molecule has 94 valence electrons. The van der Waals surface area contributed by atoms with Crippen LogP contribution in [0, 0.1) is 0 Å². The van der Waals surface area contributed by atoms with Crippen molar-refractivity contribution in [3.8, 4) is 0 Å². The summed E-state index contributed by atoms with van der Waals surface area (Å²) in [6, 6.07) is 3.36. The SMILES string of the molecule is NCCC=Cc1ccc(C(F)(F)F)cc1NN. The van der Waals surface area contributed by atoms with Gasteiger partial charge < -0.3 is 11.2 Å². The van der Waals surface area contributed by atoms with E-state index >= 15 is 0 Å². The highest BCUT2D eigenvalue weighted by Crippen LogP contribution is 2.32. The molecule has 0 aliphatic carbocycles. The normalized spacial score (nSPS) is 12.1. The number of hydrazine groups is 1. The highest BCUT2D eigenvalue weighted by Gasteiger charge is 2.30. The minimum absolute atomic E-state index is 0.230. The van der Waals surface area contributed by atoms with Gasteiger partial charge >= 0.3 is 6.18 Å². The second kappa shape index (κ2) is 5.70. The van der Waals surface area contributed by atoms with Crippen LogP contribution in [0.25, 0.3) is 6.08 Å². The van der Waals surface area contributed by atoms with E-state index in [-0.39, 0.29) is 5.69 Å². The van der Waals surface area contributed by atoms with Gasteiger partial charge in [-0.3, -0.25) is 5.84 Å². The lowest BCUT2D eigenvalue weighted by molar-refractivity contribution is -0.137. The fourth-order valence-corrected chi connectivity index (χ4v) is 1.31. The highest BCUT2D eigenvalue weighted by molar-refractivity contribution is 5.67. The Hall–Kier alpha value is -1.53. The molecule has 0 aliphatic rings. The predicted octanol–water partition coefficient (Wildman–Crippen LogP) is 2.35. The van der Waals surface area contributed by atoms with Crippen molar-refractivity contribution >= 4 is 11.8 Å². The first kappa shape index (κ1) is 13.5. The number of hydrogen-bond acceptors (Lipinski definition) is 3. The Bertz CT molecular complexity index is 399. The molecule has 6 heteroatoms. The van der Waals surface area contributed by atoms with Crippen molar-refractivity contribution in [2.24, 2.45) is 11.6 Å². The molecular weight excluding hydrogens is 231 g/mol. The third-order valence-electron chi connectivity index (χ3n) is 2.17. The Balaban J connectivity index is 3.01. The van der Waals surface area contributed by atoms with Crippen molar-refractivity contribution in [3.63, 3.8) is 0 Å². The van der Waals surface area contributed by atoms with E-state index in [0.29, 0.717) is 18.5 Å². The number of anilines is 1. The van der Waals surface area contributed by atoms with E-state index in [2.05, 4.69) is 5.43 Å². The Kier molecular flexibility index (Phi) is 4.53. The highest BCUT2D eigenvalue weighted by atomic mass is 19.4. The zero-order chi connectivity index (χ0) is 12.9. The Morgan fingerprint density at radius 2 is 2.00 bits per heavy atom. The molecule has 1 aromatic rings. The summed E-state index contributed by atoms with van der Waals surface area (Å²) in [5, 5.41) is 0. The van der Waals surface area contributed by atoms with E-state index in [1.165, 1.54) is 6.07 Å². The van der Waals surface area contributed by atoms with E-state index in [0.717, 1.165) is 12.1 Å². The smallest absolute Gasteiger partial charge is 0.330 e.